The molecule has 6 heteroatoms. The van der Waals surface area contributed by atoms with E-state index in [-0.39, 0.29) is 10.2 Å². The second kappa shape index (κ2) is 6.02. The van der Waals surface area contributed by atoms with Crippen LogP contribution in [0, 0.1) is 11.6 Å². The number of halogens is 3. The summed E-state index contributed by atoms with van der Waals surface area (Å²) in [5.74, 6) is -0.988. The van der Waals surface area contributed by atoms with Gasteiger partial charge in [0.2, 0.25) is 0 Å². The lowest BCUT2D eigenvalue weighted by Crippen LogP contribution is -2.09. The Morgan fingerprint density at radius 1 is 1.44 bits per heavy atom. The van der Waals surface area contributed by atoms with Crippen LogP contribution in [0.15, 0.2) is 21.6 Å². The first kappa shape index (κ1) is 13.8. The van der Waals surface area contributed by atoms with Gasteiger partial charge >= 0.3 is 0 Å². The molecule has 0 saturated heterocycles. The van der Waals surface area contributed by atoms with Gasteiger partial charge in [0, 0.05) is 11.3 Å². The van der Waals surface area contributed by atoms with Crippen LogP contribution in [0.2, 0.25) is 0 Å². The van der Waals surface area contributed by atoms with E-state index in [1.807, 2.05) is 0 Å². The highest BCUT2D eigenvalue weighted by atomic mass is 79.9. The van der Waals surface area contributed by atoms with Crippen molar-refractivity contribution in [3.63, 3.8) is 0 Å². The molecule has 0 aliphatic carbocycles. The number of rotatable bonds is 3. The Bertz CT molecular complexity index is 479. The van der Waals surface area contributed by atoms with Crippen molar-refractivity contribution in [2.45, 2.75) is 25.0 Å². The molecule has 2 rings (SSSR count). The van der Waals surface area contributed by atoms with E-state index in [1.165, 1.54) is 0 Å². The Morgan fingerprint density at radius 2 is 2.22 bits per heavy atom. The Hall–Kier alpha value is -0.620. The summed E-state index contributed by atoms with van der Waals surface area (Å²) in [5.41, 5.74) is 0.124. The smallest absolute Gasteiger partial charge is 0.161 e. The molecule has 0 bridgehead atoms. The van der Waals surface area contributed by atoms with Crippen LogP contribution in [-0.2, 0) is 0 Å². The molecule has 1 heterocycles. The van der Waals surface area contributed by atoms with Crippen LogP contribution in [0.25, 0.3) is 0 Å². The first-order valence-electron chi connectivity index (χ1n) is 5.72. The monoisotopic (exact) mass is 334 g/mol. The van der Waals surface area contributed by atoms with Crippen LogP contribution in [0.1, 0.15) is 19.8 Å². The Balaban J connectivity index is 2.05. The number of thioether (sulfide) groups is 1. The molecule has 0 amide bonds. The molecule has 0 aromatic heterocycles. The van der Waals surface area contributed by atoms with Gasteiger partial charge in [0.05, 0.1) is 16.7 Å². The predicted molar refractivity (Wildman–Crippen MR) is 76.3 cm³/mol. The van der Waals surface area contributed by atoms with Crippen LogP contribution in [-0.4, -0.2) is 17.0 Å². The summed E-state index contributed by atoms with van der Waals surface area (Å²) < 4.78 is 27.1. The molecule has 98 valence electrons. The van der Waals surface area contributed by atoms with Gasteiger partial charge in [0.15, 0.2) is 5.17 Å². The highest BCUT2D eigenvalue weighted by Gasteiger charge is 2.20. The predicted octanol–water partition coefficient (Wildman–Crippen LogP) is 4.41. The number of benzene rings is 1. The van der Waals surface area contributed by atoms with E-state index in [1.54, 1.807) is 11.8 Å². The van der Waals surface area contributed by atoms with E-state index in [4.69, 9.17) is 0 Å². The summed E-state index contributed by atoms with van der Waals surface area (Å²) in [6, 6.07) is 2.25. The van der Waals surface area contributed by atoms with Crippen molar-refractivity contribution in [2.75, 3.05) is 11.9 Å². The highest BCUT2D eigenvalue weighted by Crippen LogP contribution is 2.28. The third-order valence-corrected chi connectivity index (χ3v) is 4.36. The molecule has 0 radical (unpaired) electrons. The van der Waals surface area contributed by atoms with Gasteiger partial charge in [-0.15, -0.1) is 0 Å². The molecule has 18 heavy (non-hydrogen) atoms. The number of anilines is 1. The highest BCUT2D eigenvalue weighted by molar-refractivity contribution is 9.10. The first-order chi connectivity index (χ1) is 8.60. The third kappa shape index (κ3) is 3.23. The van der Waals surface area contributed by atoms with Crippen LogP contribution in [0.5, 0.6) is 0 Å². The van der Waals surface area contributed by atoms with Gasteiger partial charge in [-0.2, -0.15) is 0 Å². The minimum atomic E-state index is -0.495. The van der Waals surface area contributed by atoms with Crippen LogP contribution in [0.4, 0.5) is 14.5 Å². The molecule has 0 saturated carbocycles. The third-order valence-electron chi connectivity index (χ3n) is 2.58. The maximum absolute atomic E-state index is 13.6. The normalized spacial score (nSPS) is 18.9. The zero-order valence-corrected chi connectivity index (χ0v) is 12.2. The second-order valence-electron chi connectivity index (χ2n) is 4.05. The summed E-state index contributed by atoms with van der Waals surface area (Å²) in [6.45, 7) is 2.86. The maximum Gasteiger partial charge on any atom is 0.161 e. The van der Waals surface area contributed by atoms with Crippen molar-refractivity contribution in [3.8, 4) is 0 Å². The number of aliphatic imine (C=N–C) groups is 1. The lowest BCUT2D eigenvalue weighted by atomic mass is 10.2. The topological polar surface area (TPSA) is 24.4 Å². The van der Waals surface area contributed by atoms with Gasteiger partial charge in [0.25, 0.3) is 0 Å². The van der Waals surface area contributed by atoms with Crippen molar-refractivity contribution in [3.05, 3.63) is 28.2 Å². The summed E-state index contributed by atoms with van der Waals surface area (Å²) in [7, 11) is 0. The van der Waals surface area contributed by atoms with Crippen molar-refractivity contribution in [1.82, 2.24) is 0 Å². The minimum Gasteiger partial charge on any atom is -0.332 e. The molecule has 1 unspecified atom stereocenters. The van der Waals surface area contributed by atoms with E-state index >= 15 is 0 Å². The Morgan fingerprint density at radius 3 is 2.94 bits per heavy atom. The lowest BCUT2D eigenvalue weighted by Gasteiger charge is -2.09. The fourth-order valence-corrected chi connectivity index (χ4v) is 3.14. The molecule has 1 atom stereocenters. The number of amidine groups is 1. The minimum absolute atomic E-state index is 0.121. The summed E-state index contributed by atoms with van der Waals surface area (Å²) >= 11 is 4.53. The first-order valence-corrected chi connectivity index (χ1v) is 7.40. The SMILES string of the molecule is CCCC1CN=C(Nc2cc(F)c(Br)cc2F)S1. The summed E-state index contributed by atoms with van der Waals surface area (Å²) in [6.07, 6.45) is 2.18. The van der Waals surface area contributed by atoms with Crippen molar-refractivity contribution in [1.29, 1.82) is 0 Å². The lowest BCUT2D eigenvalue weighted by molar-refractivity contribution is 0.598. The average molecular weight is 335 g/mol. The molecule has 2 nitrogen and oxygen atoms in total. The molecular weight excluding hydrogens is 322 g/mol. The fourth-order valence-electron chi connectivity index (χ4n) is 1.69. The van der Waals surface area contributed by atoms with Crippen molar-refractivity contribution >= 4 is 38.5 Å². The van der Waals surface area contributed by atoms with E-state index < -0.39 is 11.6 Å². The van der Waals surface area contributed by atoms with Crippen molar-refractivity contribution in [2.24, 2.45) is 4.99 Å². The average Bonchev–Trinajstić information content (AvgIpc) is 2.74. The van der Waals surface area contributed by atoms with E-state index in [2.05, 4.69) is 33.2 Å². The molecular formula is C12H13BrF2N2S. The Labute approximate surface area is 117 Å². The summed E-state index contributed by atoms with van der Waals surface area (Å²) in [4.78, 5) is 4.29. The zero-order valence-electron chi connectivity index (χ0n) is 9.84. The van der Waals surface area contributed by atoms with Gasteiger partial charge in [-0.25, -0.2) is 8.78 Å². The van der Waals surface area contributed by atoms with Gasteiger partial charge in [-0.05, 0) is 28.4 Å². The van der Waals surface area contributed by atoms with E-state index in [0.29, 0.717) is 10.4 Å². The van der Waals surface area contributed by atoms with Gasteiger partial charge in [-0.3, -0.25) is 4.99 Å². The van der Waals surface area contributed by atoms with Gasteiger partial charge < -0.3 is 5.32 Å². The zero-order chi connectivity index (χ0) is 13.1. The Kier molecular flexibility index (Phi) is 4.61. The van der Waals surface area contributed by atoms with Crippen LogP contribution in [0.3, 0.4) is 0 Å². The molecule has 1 N–H and O–H groups in total. The molecule has 0 spiro atoms. The van der Waals surface area contributed by atoms with Crippen LogP contribution >= 0.6 is 27.7 Å². The number of hydrogen-bond acceptors (Lipinski definition) is 3. The molecule has 1 aliphatic heterocycles. The fraction of sp³-hybridized carbons (Fsp3) is 0.417. The van der Waals surface area contributed by atoms with E-state index in [9.17, 15) is 8.78 Å². The summed E-state index contributed by atoms with van der Waals surface area (Å²) in [5, 5.41) is 3.95. The van der Waals surface area contributed by atoms with Crippen molar-refractivity contribution < 1.29 is 8.78 Å². The number of nitrogens with one attached hydrogen (secondary N) is 1. The standard InChI is InChI=1S/C12H13BrF2N2S/c1-2-3-7-6-16-12(18-7)17-11-5-9(14)8(13)4-10(11)15/h4-5,7H,2-3,6H2,1H3,(H,16,17). The van der Waals surface area contributed by atoms with E-state index in [0.717, 1.165) is 31.5 Å². The van der Waals surface area contributed by atoms with Crippen LogP contribution < -0.4 is 5.32 Å². The maximum atomic E-state index is 13.6. The van der Waals surface area contributed by atoms with Gasteiger partial charge in [0.1, 0.15) is 11.6 Å². The number of nitrogens with zero attached hydrogens (tertiary/aromatic N) is 1. The largest absolute Gasteiger partial charge is 0.332 e. The van der Waals surface area contributed by atoms with Gasteiger partial charge in [-0.1, -0.05) is 25.1 Å². The molecule has 1 aromatic rings. The number of hydrogen-bond donors (Lipinski definition) is 1. The second-order valence-corrected chi connectivity index (χ2v) is 6.19. The molecule has 1 aliphatic rings. The quantitative estimate of drug-likeness (QED) is 0.828. The molecule has 0 fully saturated rings. The molecule has 1 aromatic carbocycles.